The van der Waals surface area contributed by atoms with Crippen molar-refractivity contribution >= 4 is 29.4 Å². The minimum absolute atomic E-state index is 0.0602. The van der Waals surface area contributed by atoms with Gasteiger partial charge in [-0.2, -0.15) is 13.2 Å². The number of carbonyl (C=O) groups is 3. The Morgan fingerprint density at radius 1 is 1.10 bits per heavy atom. The van der Waals surface area contributed by atoms with E-state index in [4.69, 9.17) is 9.90 Å². The molecule has 3 aliphatic rings. The number of pyridine rings is 1. The summed E-state index contributed by atoms with van der Waals surface area (Å²) < 4.78 is 31.7. The van der Waals surface area contributed by atoms with Crippen molar-refractivity contribution in [1.82, 2.24) is 15.2 Å². The number of amides is 3. The van der Waals surface area contributed by atoms with Crippen molar-refractivity contribution in [3.05, 3.63) is 54.2 Å². The Kier molecular flexibility index (Phi) is 8.85. The van der Waals surface area contributed by atoms with Gasteiger partial charge in [-0.3, -0.25) is 4.79 Å². The lowest BCUT2D eigenvalue weighted by atomic mass is 9.74. The summed E-state index contributed by atoms with van der Waals surface area (Å²) in [5, 5.41) is 13.4. The van der Waals surface area contributed by atoms with Gasteiger partial charge in [0.25, 0.3) is 0 Å². The molecule has 9 nitrogen and oxygen atoms in total. The lowest BCUT2D eigenvalue weighted by Crippen LogP contribution is -2.49. The first kappa shape index (κ1) is 29.2. The molecule has 3 heterocycles. The molecule has 1 aliphatic carbocycles. The van der Waals surface area contributed by atoms with E-state index in [0.717, 1.165) is 43.0 Å². The van der Waals surface area contributed by atoms with Crippen molar-refractivity contribution in [3.8, 4) is 0 Å². The third-order valence-electron chi connectivity index (χ3n) is 7.69. The van der Waals surface area contributed by atoms with Crippen molar-refractivity contribution in [2.24, 2.45) is 17.3 Å². The first-order valence-electron chi connectivity index (χ1n) is 13.3. The van der Waals surface area contributed by atoms with E-state index in [0.29, 0.717) is 25.6 Å². The van der Waals surface area contributed by atoms with Gasteiger partial charge in [-0.15, -0.1) is 0 Å². The van der Waals surface area contributed by atoms with Crippen LogP contribution in [0.1, 0.15) is 31.2 Å². The summed E-state index contributed by atoms with van der Waals surface area (Å²) in [6.07, 6.45) is 0.731. The average molecular weight is 562 g/mol. The second-order valence-corrected chi connectivity index (χ2v) is 10.7. The van der Waals surface area contributed by atoms with Crippen LogP contribution in [0, 0.1) is 24.2 Å². The van der Waals surface area contributed by atoms with Gasteiger partial charge >= 0.3 is 18.2 Å². The molecule has 1 aromatic carbocycles. The zero-order valence-corrected chi connectivity index (χ0v) is 22.3. The lowest BCUT2D eigenvalue weighted by Gasteiger charge is -2.32. The van der Waals surface area contributed by atoms with Crippen LogP contribution in [0.25, 0.3) is 0 Å². The zero-order valence-electron chi connectivity index (χ0n) is 22.3. The molecule has 0 bridgehead atoms. The normalized spacial score (nSPS) is 22.4. The van der Waals surface area contributed by atoms with E-state index in [1.165, 1.54) is 12.8 Å². The molecular formula is C28H34F3N5O4. The molecule has 1 saturated carbocycles. The molecule has 2 saturated heterocycles. The second-order valence-electron chi connectivity index (χ2n) is 10.7. The van der Waals surface area contributed by atoms with E-state index in [9.17, 15) is 22.8 Å². The summed E-state index contributed by atoms with van der Waals surface area (Å²) in [5.74, 6) is -1.01. The molecule has 2 aliphatic heterocycles. The molecule has 40 heavy (non-hydrogen) atoms. The number of halogens is 3. The number of hydrogen-bond donors (Lipinski definition) is 3. The van der Waals surface area contributed by atoms with Crippen molar-refractivity contribution < 1.29 is 32.7 Å². The number of urea groups is 1. The molecular weight excluding hydrogens is 527 g/mol. The smallest absolute Gasteiger partial charge is 0.475 e. The number of likely N-dealkylation sites (tertiary alicyclic amines) is 1. The van der Waals surface area contributed by atoms with E-state index in [2.05, 4.69) is 20.5 Å². The molecule has 3 fully saturated rings. The van der Waals surface area contributed by atoms with Crippen molar-refractivity contribution in [1.29, 1.82) is 0 Å². The molecule has 0 unspecified atom stereocenters. The van der Waals surface area contributed by atoms with Crippen LogP contribution in [0.15, 0.2) is 48.7 Å². The summed E-state index contributed by atoms with van der Waals surface area (Å²) in [7, 11) is 0. The van der Waals surface area contributed by atoms with Crippen LogP contribution in [0.3, 0.4) is 0 Å². The Morgan fingerprint density at radius 3 is 2.40 bits per heavy atom. The Morgan fingerprint density at radius 2 is 1.80 bits per heavy atom. The Labute approximate surface area is 230 Å². The highest BCUT2D eigenvalue weighted by Crippen LogP contribution is 2.44. The van der Waals surface area contributed by atoms with Gasteiger partial charge in [0.05, 0.1) is 5.41 Å². The predicted octanol–water partition coefficient (Wildman–Crippen LogP) is 4.30. The summed E-state index contributed by atoms with van der Waals surface area (Å²) >= 11 is 0. The third kappa shape index (κ3) is 7.22. The monoisotopic (exact) mass is 561 g/mol. The van der Waals surface area contributed by atoms with Gasteiger partial charge in [0.2, 0.25) is 5.91 Å². The number of aryl methyl sites for hydroxylation is 1. The van der Waals surface area contributed by atoms with Crippen molar-refractivity contribution in [2.75, 3.05) is 42.9 Å². The lowest BCUT2D eigenvalue weighted by molar-refractivity contribution is -0.192. The summed E-state index contributed by atoms with van der Waals surface area (Å²) in [6.45, 7) is 5.41. The van der Waals surface area contributed by atoms with Crippen LogP contribution in [0.4, 0.5) is 29.5 Å². The number of alkyl halides is 3. The standard InChI is InChI=1S/C26H33N5O2.C2HF3O2/c1-19-6-10-22(11-7-19)29-25(33)30-14-4-12-26(24(32)28-15-20-8-9-20)18-31(17-21(26)16-30)23-5-2-3-13-27-23;3-2(4,5)1(6)7/h2-3,5-7,10-11,13,20-21H,4,8-9,12,14-18H2,1H3,(H,28,32)(H,29,33);(H,6,7)/t21-,26-;/m0./s1. The van der Waals surface area contributed by atoms with Gasteiger partial charge < -0.3 is 25.5 Å². The Balaban J connectivity index is 0.000000470. The largest absolute Gasteiger partial charge is 0.490 e. The molecule has 5 rings (SSSR count). The number of benzene rings is 1. The number of aliphatic carboxylic acids is 1. The Bertz CT molecular complexity index is 1190. The first-order chi connectivity index (χ1) is 19.0. The van der Waals surface area contributed by atoms with E-state index in [1.807, 2.05) is 54.3 Å². The second kappa shape index (κ2) is 12.1. The molecule has 2 aromatic rings. The maximum absolute atomic E-state index is 13.6. The number of carboxylic acid groups (broad SMARTS) is 1. The van der Waals surface area contributed by atoms with Gasteiger partial charge in [-0.25, -0.2) is 14.6 Å². The van der Waals surface area contributed by atoms with Crippen LogP contribution in [-0.4, -0.2) is 71.8 Å². The van der Waals surface area contributed by atoms with E-state index in [-0.39, 0.29) is 17.9 Å². The minimum Gasteiger partial charge on any atom is -0.475 e. The van der Waals surface area contributed by atoms with Crippen LogP contribution >= 0.6 is 0 Å². The molecule has 2 atom stereocenters. The molecule has 3 N–H and O–H groups in total. The van der Waals surface area contributed by atoms with Gasteiger partial charge in [0.15, 0.2) is 0 Å². The van der Waals surface area contributed by atoms with Crippen LogP contribution in [0.2, 0.25) is 0 Å². The molecule has 12 heteroatoms. The summed E-state index contributed by atoms with van der Waals surface area (Å²) in [5.41, 5.74) is 1.46. The van der Waals surface area contributed by atoms with Crippen LogP contribution in [-0.2, 0) is 9.59 Å². The average Bonchev–Trinajstić information content (AvgIpc) is 3.71. The van der Waals surface area contributed by atoms with Gasteiger partial charge in [0, 0.05) is 50.5 Å². The van der Waals surface area contributed by atoms with Crippen molar-refractivity contribution in [2.45, 2.75) is 38.8 Å². The highest BCUT2D eigenvalue weighted by molar-refractivity contribution is 5.90. The quantitative estimate of drug-likeness (QED) is 0.502. The number of anilines is 2. The fourth-order valence-corrected chi connectivity index (χ4v) is 5.28. The highest BCUT2D eigenvalue weighted by Gasteiger charge is 2.54. The van der Waals surface area contributed by atoms with Gasteiger partial charge in [0.1, 0.15) is 5.82 Å². The number of carboxylic acids is 1. The molecule has 0 radical (unpaired) electrons. The third-order valence-corrected chi connectivity index (χ3v) is 7.69. The number of nitrogens with one attached hydrogen (secondary N) is 2. The van der Waals surface area contributed by atoms with Gasteiger partial charge in [-0.05, 0) is 62.8 Å². The van der Waals surface area contributed by atoms with E-state index < -0.39 is 17.6 Å². The van der Waals surface area contributed by atoms with Crippen molar-refractivity contribution in [3.63, 3.8) is 0 Å². The number of carbonyl (C=O) groups excluding carboxylic acids is 2. The number of rotatable bonds is 5. The van der Waals surface area contributed by atoms with E-state index in [1.54, 1.807) is 6.20 Å². The minimum atomic E-state index is -5.08. The van der Waals surface area contributed by atoms with E-state index >= 15 is 0 Å². The van der Waals surface area contributed by atoms with Gasteiger partial charge in [-0.1, -0.05) is 23.8 Å². The molecule has 3 amide bonds. The maximum atomic E-state index is 13.6. The SMILES string of the molecule is Cc1ccc(NC(=O)N2CCC[C@]3(C(=O)NCC4CC4)CN(c4ccccn4)C[C@@H]3C2)cc1.O=C(O)C(F)(F)F. The fraction of sp³-hybridized carbons (Fsp3) is 0.500. The zero-order chi connectivity index (χ0) is 28.9. The van der Waals surface area contributed by atoms with Crippen LogP contribution < -0.4 is 15.5 Å². The summed E-state index contributed by atoms with van der Waals surface area (Å²) in [4.78, 5) is 44.3. The fourth-order valence-electron chi connectivity index (χ4n) is 5.28. The number of fused-ring (bicyclic) bond motifs is 1. The molecule has 0 spiro atoms. The topological polar surface area (TPSA) is 115 Å². The van der Waals surface area contributed by atoms with Crippen LogP contribution in [0.5, 0.6) is 0 Å². The first-order valence-corrected chi connectivity index (χ1v) is 13.3. The summed E-state index contributed by atoms with van der Waals surface area (Å²) in [6, 6.07) is 13.7. The Hall–Kier alpha value is -3.83. The molecule has 216 valence electrons. The number of hydrogen-bond acceptors (Lipinski definition) is 5. The predicted molar refractivity (Wildman–Crippen MR) is 143 cm³/mol. The maximum Gasteiger partial charge on any atom is 0.490 e. The molecule has 1 aromatic heterocycles. The number of aromatic nitrogens is 1. The highest BCUT2D eigenvalue weighted by atomic mass is 19.4. The number of nitrogens with zero attached hydrogens (tertiary/aromatic N) is 3.